The molecule has 6 heteroatoms. The van der Waals surface area contributed by atoms with Crippen LogP contribution in [0.3, 0.4) is 0 Å². The molecule has 1 saturated carbocycles. The Kier molecular flexibility index (Phi) is 5.17. The highest BCUT2D eigenvalue weighted by Crippen LogP contribution is 2.38. The fraction of sp³-hybridized carbons (Fsp3) is 0.600. The topological polar surface area (TPSA) is 46.2 Å². The summed E-state index contributed by atoms with van der Waals surface area (Å²) >= 11 is 5.65. The van der Waals surface area contributed by atoms with E-state index >= 15 is 0 Å². The average molecular weight is 322 g/mol. The molecule has 0 radical (unpaired) electrons. The summed E-state index contributed by atoms with van der Waals surface area (Å²) in [5.74, 6) is -0.0366. The van der Waals surface area contributed by atoms with Crippen LogP contribution in [0.2, 0.25) is 5.02 Å². The smallest absolute Gasteiger partial charge is 0.391 e. The molecule has 1 aliphatic carbocycles. The molecule has 0 spiro atoms. The van der Waals surface area contributed by atoms with E-state index in [0.717, 1.165) is 38.2 Å². The predicted molar refractivity (Wildman–Crippen MR) is 76.0 cm³/mol. The summed E-state index contributed by atoms with van der Waals surface area (Å²) < 4.78 is 39.3. The molecule has 2 nitrogen and oxygen atoms in total. The SMILES string of the molecule is N[C@@H](c1ccc(Cl)cc1C(F)(F)F)[C@H](O)C1CCCCC1. The van der Waals surface area contributed by atoms with Crippen LogP contribution in [0.25, 0.3) is 0 Å². The lowest BCUT2D eigenvalue weighted by atomic mass is 9.80. The molecule has 0 bridgehead atoms. The van der Waals surface area contributed by atoms with Crippen molar-refractivity contribution < 1.29 is 18.3 Å². The molecule has 0 saturated heterocycles. The molecule has 1 aromatic rings. The van der Waals surface area contributed by atoms with Crippen LogP contribution in [0.15, 0.2) is 18.2 Å². The van der Waals surface area contributed by atoms with Crippen molar-refractivity contribution in [2.24, 2.45) is 11.7 Å². The van der Waals surface area contributed by atoms with Gasteiger partial charge in [0.05, 0.1) is 17.7 Å². The molecular formula is C15H19ClF3NO. The maximum atomic E-state index is 13.1. The highest BCUT2D eigenvalue weighted by molar-refractivity contribution is 6.30. The lowest BCUT2D eigenvalue weighted by Crippen LogP contribution is -2.35. The van der Waals surface area contributed by atoms with Crippen LogP contribution in [0.1, 0.15) is 49.3 Å². The van der Waals surface area contributed by atoms with Crippen molar-refractivity contribution in [1.29, 1.82) is 0 Å². The van der Waals surface area contributed by atoms with Crippen molar-refractivity contribution in [3.8, 4) is 0 Å². The van der Waals surface area contributed by atoms with Gasteiger partial charge in [-0.1, -0.05) is 36.9 Å². The van der Waals surface area contributed by atoms with E-state index in [1.165, 1.54) is 12.1 Å². The Morgan fingerprint density at radius 1 is 1.19 bits per heavy atom. The van der Waals surface area contributed by atoms with Gasteiger partial charge in [0.15, 0.2) is 0 Å². The van der Waals surface area contributed by atoms with Gasteiger partial charge >= 0.3 is 6.18 Å². The van der Waals surface area contributed by atoms with Gasteiger partial charge in [-0.25, -0.2) is 0 Å². The number of benzene rings is 1. The first-order valence-corrected chi connectivity index (χ1v) is 7.49. The third kappa shape index (κ3) is 3.90. The summed E-state index contributed by atoms with van der Waals surface area (Å²) in [4.78, 5) is 0. The van der Waals surface area contributed by atoms with Crippen molar-refractivity contribution in [1.82, 2.24) is 0 Å². The Bertz CT molecular complexity index is 486. The maximum absolute atomic E-state index is 13.1. The first-order chi connectivity index (χ1) is 9.80. The molecule has 0 aromatic heterocycles. The van der Waals surface area contributed by atoms with Gasteiger partial charge in [0.2, 0.25) is 0 Å². The zero-order valence-corrected chi connectivity index (χ0v) is 12.3. The minimum Gasteiger partial charge on any atom is -0.391 e. The molecule has 0 unspecified atom stereocenters. The average Bonchev–Trinajstić information content (AvgIpc) is 2.45. The second-order valence-corrected chi connectivity index (χ2v) is 6.08. The zero-order valence-electron chi connectivity index (χ0n) is 11.5. The van der Waals surface area contributed by atoms with Gasteiger partial charge in [0, 0.05) is 5.02 Å². The normalized spacial score (nSPS) is 20.3. The number of halogens is 4. The second kappa shape index (κ2) is 6.55. The maximum Gasteiger partial charge on any atom is 0.416 e. The number of hydrogen-bond donors (Lipinski definition) is 2. The van der Waals surface area contributed by atoms with Crippen molar-refractivity contribution in [3.05, 3.63) is 34.3 Å². The van der Waals surface area contributed by atoms with E-state index in [1.54, 1.807) is 0 Å². The molecule has 0 heterocycles. The molecule has 21 heavy (non-hydrogen) atoms. The summed E-state index contributed by atoms with van der Waals surface area (Å²) in [5, 5.41) is 10.3. The largest absolute Gasteiger partial charge is 0.416 e. The van der Waals surface area contributed by atoms with E-state index in [4.69, 9.17) is 17.3 Å². The van der Waals surface area contributed by atoms with E-state index in [0.29, 0.717) is 0 Å². The summed E-state index contributed by atoms with van der Waals surface area (Å²) in [6.45, 7) is 0. The van der Waals surface area contributed by atoms with Gasteiger partial charge in [-0.15, -0.1) is 0 Å². The summed E-state index contributed by atoms with van der Waals surface area (Å²) in [5.41, 5.74) is 4.97. The number of alkyl halides is 3. The number of aliphatic hydroxyl groups is 1. The lowest BCUT2D eigenvalue weighted by Gasteiger charge is -2.31. The molecule has 1 fully saturated rings. The monoisotopic (exact) mass is 321 g/mol. The fourth-order valence-corrected chi connectivity index (χ4v) is 3.19. The minimum absolute atomic E-state index is 0.00503. The van der Waals surface area contributed by atoms with Crippen LogP contribution < -0.4 is 5.73 Å². The van der Waals surface area contributed by atoms with Crippen molar-refractivity contribution in [2.75, 3.05) is 0 Å². The molecule has 2 atom stereocenters. The number of nitrogens with two attached hydrogens (primary N) is 1. The third-order valence-corrected chi connectivity index (χ3v) is 4.42. The Balaban J connectivity index is 2.27. The van der Waals surface area contributed by atoms with Crippen LogP contribution in [0.5, 0.6) is 0 Å². The summed E-state index contributed by atoms with van der Waals surface area (Å²) in [6.07, 6.45) is -0.805. The zero-order chi connectivity index (χ0) is 15.6. The van der Waals surface area contributed by atoms with E-state index in [-0.39, 0.29) is 16.5 Å². The van der Waals surface area contributed by atoms with E-state index in [9.17, 15) is 18.3 Å². The van der Waals surface area contributed by atoms with Crippen molar-refractivity contribution >= 4 is 11.6 Å². The Morgan fingerprint density at radius 2 is 1.81 bits per heavy atom. The second-order valence-electron chi connectivity index (χ2n) is 5.64. The molecule has 0 amide bonds. The van der Waals surface area contributed by atoms with E-state index in [1.807, 2.05) is 0 Å². The predicted octanol–water partition coefficient (Wildman–Crippen LogP) is 4.30. The van der Waals surface area contributed by atoms with Crippen molar-refractivity contribution in [3.63, 3.8) is 0 Å². The van der Waals surface area contributed by atoms with Crippen LogP contribution in [0.4, 0.5) is 13.2 Å². The molecule has 0 aliphatic heterocycles. The van der Waals surface area contributed by atoms with Crippen molar-refractivity contribution in [2.45, 2.75) is 50.4 Å². The number of aliphatic hydroxyl groups excluding tert-OH is 1. The van der Waals surface area contributed by atoms with Crippen LogP contribution in [-0.2, 0) is 6.18 Å². The summed E-state index contributed by atoms with van der Waals surface area (Å²) in [7, 11) is 0. The third-order valence-electron chi connectivity index (χ3n) is 4.18. The first-order valence-electron chi connectivity index (χ1n) is 7.11. The number of hydrogen-bond acceptors (Lipinski definition) is 2. The van der Waals surface area contributed by atoms with Gasteiger partial charge in [-0.05, 0) is 36.5 Å². The molecular weight excluding hydrogens is 303 g/mol. The van der Waals surface area contributed by atoms with Crippen LogP contribution in [-0.4, -0.2) is 11.2 Å². The minimum atomic E-state index is -4.54. The Morgan fingerprint density at radius 3 is 2.38 bits per heavy atom. The first kappa shape index (κ1) is 16.6. The van der Waals surface area contributed by atoms with E-state index in [2.05, 4.69) is 0 Å². The van der Waals surface area contributed by atoms with Gasteiger partial charge in [0.1, 0.15) is 0 Å². The Labute approximate surface area is 127 Å². The van der Waals surface area contributed by atoms with Gasteiger partial charge < -0.3 is 10.8 Å². The number of rotatable bonds is 3. The van der Waals surface area contributed by atoms with Gasteiger partial charge in [-0.3, -0.25) is 0 Å². The summed E-state index contributed by atoms with van der Waals surface area (Å²) in [6, 6.07) is 2.45. The lowest BCUT2D eigenvalue weighted by molar-refractivity contribution is -0.138. The molecule has 2 rings (SSSR count). The highest BCUT2D eigenvalue weighted by atomic mass is 35.5. The van der Waals surface area contributed by atoms with Gasteiger partial charge in [0.25, 0.3) is 0 Å². The standard InChI is InChI=1S/C15H19ClF3NO/c16-10-6-7-11(12(8-10)15(17,18)19)13(20)14(21)9-4-2-1-3-5-9/h6-9,13-14,21H,1-5,20H2/t13-,14+/m0/s1. The van der Waals surface area contributed by atoms with Crippen LogP contribution >= 0.6 is 11.6 Å². The molecule has 118 valence electrons. The van der Waals surface area contributed by atoms with E-state index < -0.39 is 23.9 Å². The molecule has 3 N–H and O–H groups in total. The molecule has 1 aromatic carbocycles. The molecule has 1 aliphatic rings. The van der Waals surface area contributed by atoms with Crippen LogP contribution in [0, 0.1) is 5.92 Å². The quantitative estimate of drug-likeness (QED) is 0.872. The Hall–Kier alpha value is -0.780. The fourth-order valence-electron chi connectivity index (χ4n) is 3.02. The highest BCUT2D eigenvalue weighted by Gasteiger charge is 2.37. The van der Waals surface area contributed by atoms with Gasteiger partial charge in [-0.2, -0.15) is 13.2 Å².